The highest BCUT2D eigenvalue weighted by Gasteiger charge is 2.33. The first kappa shape index (κ1) is 23.2. The van der Waals surface area contributed by atoms with Crippen molar-refractivity contribution in [2.24, 2.45) is 0 Å². The molecule has 2 N–H and O–H groups in total. The molecule has 0 fully saturated rings. The van der Waals surface area contributed by atoms with Crippen molar-refractivity contribution in [2.45, 2.75) is 13.0 Å². The van der Waals surface area contributed by atoms with Crippen LogP contribution in [0.15, 0.2) is 90.1 Å². The zero-order valence-corrected chi connectivity index (χ0v) is 20.0. The molecule has 0 aliphatic carbocycles. The fraction of sp³-hybridized carbons (Fsp3) is 0.148. The largest absolute Gasteiger partial charge is 0.466 e. The smallest absolute Gasteiger partial charge is 0.337 e. The van der Waals surface area contributed by atoms with Crippen molar-refractivity contribution in [2.75, 3.05) is 19.5 Å². The van der Waals surface area contributed by atoms with Crippen LogP contribution in [0.1, 0.15) is 28.9 Å². The normalized spacial score (nSPS) is 15.6. The molecular weight excluding hydrogens is 446 g/mol. The number of carbonyl (C=O) groups excluding carboxylic acids is 2. The van der Waals surface area contributed by atoms with Gasteiger partial charge in [0.05, 0.1) is 18.7 Å². The molecule has 0 spiro atoms. The van der Waals surface area contributed by atoms with Gasteiger partial charge in [-0.05, 0) is 60.1 Å². The number of esters is 1. The molecule has 172 valence electrons. The Balaban J connectivity index is 1.56. The second-order valence-corrected chi connectivity index (χ2v) is 8.34. The Bertz CT molecular complexity index is 1270. The van der Waals surface area contributed by atoms with E-state index in [2.05, 4.69) is 10.6 Å². The third-order valence-corrected chi connectivity index (χ3v) is 6.28. The van der Waals surface area contributed by atoms with Crippen LogP contribution in [-0.4, -0.2) is 36.0 Å². The van der Waals surface area contributed by atoms with Crippen LogP contribution in [0.2, 0.25) is 0 Å². The van der Waals surface area contributed by atoms with E-state index in [-0.39, 0.29) is 5.91 Å². The first-order valence-corrected chi connectivity index (χ1v) is 11.2. The number of amides is 1. The van der Waals surface area contributed by atoms with Crippen molar-refractivity contribution in [3.05, 3.63) is 101 Å². The number of rotatable bonds is 5. The number of anilines is 1. The van der Waals surface area contributed by atoms with Gasteiger partial charge in [0.2, 0.25) is 0 Å². The van der Waals surface area contributed by atoms with Crippen LogP contribution in [0.4, 0.5) is 5.69 Å². The van der Waals surface area contributed by atoms with Crippen LogP contribution < -0.4 is 10.6 Å². The summed E-state index contributed by atoms with van der Waals surface area (Å²) < 4.78 is 5.01. The van der Waals surface area contributed by atoms with Crippen LogP contribution in [0, 0.1) is 0 Å². The van der Waals surface area contributed by atoms with E-state index in [0.29, 0.717) is 27.6 Å². The lowest BCUT2D eigenvalue weighted by molar-refractivity contribution is -0.136. The Hall–Kier alpha value is -3.97. The highest BCUT2D eigenvalue weighted by molar-refractivity contribution is 7.80. The number of carbonyl (C=O) groups is 2. The first-order valence-electron chi connectivity index (χ1n) is 10.8. The number of allylic oxidation sites excluding steroid dienone is 1. The molecule has 0 bridgehead atoms. The quantitative estimate of drug-likeness (QED) is 0.407. The molecule has 3 aromatic rings. The summed E-state index contributed by atoms with van der Waals surface area (Å²) >= 11 is 5.43. The van der Waals surface area contributed by atoms with Gasteiger partial charge in [-0.25, -0.2) is 4.79 Å². The van der Waals surface area contributed by atoms with Gasteiger partial charge < -0.3 is 20.3 Å². The topological polar surface area (TPSA) is 70.7 Å². The van der Waals surface area contributed by atoms with E-state index in [1.165, 1.54) is 7.11 Å². The average Bonchev–Trinajstić information content (AvgIpc) is 2.87. The fourth-order valence-electron chi connectivity index (χ4n) is 3.90. The first-order chi connectivity index (χ1) is 16.4. The summed E-state index contributed by atoms with van der Waals surface area (Å²) in [6, 6.07) is 24.3. The minimum atomic E-state index is -0.488. The van der Waals surface area contributed by atoms with E-state index < -0.39 is 12.0 Å². The summed E-state index contributed by atoms with van der Waals surface area (Å²) in [6.45, 7) is 1.83. The Morgan fingerprint density at radius 3 is 2.32 bits per heavy atom. The van der Waals surface area contributed by atoms with E-state index >= 15 is 0 Å². The second kappa shape index (κ2) is 9.89. The van der Waals surface area contributed by atoms with Gasteiger partial charge in [0.15, 0.2) is 5.11 Å². The molecule has 0 saturated carbocycles. The summed E-state index contributed by atoms with van der Waals surface area (Å²) in [4.78, 5) is 27.1. The van der Waals surface area contributed by atoms with Gasteiger partial charge in [-0.15, -0.1) is 0 Å². The van der Waals surface area contributed by atoms with Crippen molar-refractivity contribution in [1.29, 1.82) is 0 Å². The lowest BCUT2D eigenvalue weighted by atomic mass is 9.95. The fourth-order valence-corrected chi connectivity index (χ4v) is 4.16. The van der Waals surface area contributed by atoms with Crippen molar-refractivity contribution in [1.82, 2.24) is 10.2 Å². The summed E-state index contributed by atoms with van der Waals surface area (Å²) in [7, 11) is 3.15. The summed E-state index contributed by atoms with van der Waals surface area (Å²) in [5, 5.41) is 6.64. The molecule has 4 rings (SSSR count). The Kier molecular flexibility index (Phi) is 6.75. The molecule has 1 atom stereocenters. The van der Waals surface area contributed by atoms with E-state index in [1.807, 2.05) is 67.6 Å². The number of nitrogens with zero attached hydrogens (tertiary/aromatic N) is 1. The van der Waals surface area contributed by atoms with E-state index in [4.69, 9.17) is 17.0 Å². The zero-order valence-electron chi connectivity index (χ0n) is 19.2. The summed E-state index contributed by atoms with van der Waals surface area (Å²) in [5.41, 5.74) is 5.27. The van der Waals surface area contributed by atoms with Gasteiger partial charge in [-0.1, -0.05) is 54.6 Å². The van der Waals surface area contributed by atoms with Gasteiger partial charge >= 0.3 is 5.97 Å². The number of benzene rings is 3. The van der Waals surface area contributed by atoms with E-state index in [0.717, 1.165) is 16.7 Å². The van der Waals surface area contributed by atoms with Gasteiger partial charge in [0, 0.05) is 24.0 Å². The molecule has 1 unspecified atom stereocenters. The Morgan fingerprint density at radius 1 is 0.971 bits per heavy atom. The third kappa shape index (κ3) is 4.70. The SMILES string of the molecule is COC(=O)C1=C(C)N(C)C(=S)NC1c1cccc(NC(=O)c2ccc(-c3ccccc3)cc2)c1. The molecule has 1 heterocycles. The maximum Gasteiger partial charge on any atom is 0.337 e. The van der Waals surface area contributed by atoms with E-state index in [1.54, 1.807) is 30.1 Å². The maximum absolute atomic E-state index is 12.9. The number of thiocarbonyl (C=S) groups is 1. The van der Waals surface area contributed by atoms with Crippen molar-refractivity contribution in [3.63, 3.8) is 0 Å². The molecule has 0 aromatic heterocycles. The van der Waals surface area contributed by atoms with Crippen LogP contribution in [0.5, 0.6) is 0 Å². The number of hydrogen-bond donors (Lipinski definition) is 2. The Labute approximate surface area is 204 Å². The molecule has 7 heteroatoms. The molecule has 0 radical (unpaired) electrons. The van der Waals surface area contributed by atoms with Crippen LogP contribution in [0.3, 0.4) is 0 Å². The van der Waals surface area contributed by atoms with Crippen LogP contribution in [0.25, 0.3) is 11.1 Å². The molecule has 6 nitrogen and oxygen atoms in total. The predicted octanol–water partition coefficient (Wildman–Crippen LogP) is 4.91. The zero-order chi connectivity index (χ0) is 24.2. The highest BCUT2D eigenvalue weighted by atomic mass is 32.1. The molecule has 34 heavy (non-hydrogen) atoms. The van der Waals surface area contributed by atoms with Gasteiger partial charge in [0.1, 0.15) is 0 Å². The molecular formula is C27H25N3O3S. The van der Waals surface area contributed by atoms with Crippen molar-refractivity contribution >= 4 is 34.9 Å². The van der Waals surface area contributed by atoms with Crippen molar-refractivity contribution in [3.8, 4) is 11.1 Å². The van der Waals surface area contributed by atoms with Crippen LogP contribution in [-0.2, 0) is 9.53 Å². The lowest BCUT2D eigenvalue weighted by Crippen LogP contribution is -2.46. The average molecular weight is 472 g/mol. The number of hydrogen-bond acceptors (Lipinski definition) is 4. The lowest BCUT2D eigenvalue weighted by Gasteiger charge is -2.35. The standard InChI is InChI=1S/C27H25N3O3S/c1-17-23(26(32)33-3)24(29-27(34)30(17)2)21-10-7-11-22(16-21)28-25(31)20-14-12-19(13-15-20)18-8-5-4-6-9-18/h4-16,24H,1-3H3,(H,28,31)(H,29,34). The van der Waals surface area contributed by atoms with Gasteiger partial charge in [-0.3, -0.25) is 4.79 Å². The number of methoxy groups -OCH3 is 1. The predicted molar refractivity (Wildman–Crippen MR) is 137 cm³/mol. The monoisotopic (exact) mass is 471 g/mol. The molecule has 1 amide bonds. The van der Waals surface area contributed by atoms with E-state index in [9.17, 15) is 9.59 Å². The minimum absolute atomic E-state index is 0.219. The molecule has 3 aromatic carbocycles. The van der Waals surface area contributed by atoms with Crippen molar-refractivity contribution < 1.29 is 14.3 Å². The summed E-state index contributed by atoms with van der Waals surface area (Å²) in [5.74, 6) is -0.652. The van der Waals surface area contributed by atoms with Crippen LogP contribution >= 0.6 is 12.2 Å². The molecule has 1 aliphatic rings. The summed E-state index contributed by atoms with van der Waals surface area (Å²) in [6.07, 6.45) is 0. The highest BCUT2D eigenvalue weighted by Crippen LogP contribution is 2.32. The minimum Gasteiger partial charge on any atom is -0.466 e. The molecule has 0 saturated heterocycles. The Morgan fingerprint density at radius 2 is 1.65 bits per heavy atom. The third-order valence-electron chi connectivity index (χ3n) is 5.89. The van der Waals surface area contributed by atoms with Gasteiger partial charge in [0.25, 0.3) is 5.91 Å². The van der Waals surface area contributed by atoms with Gasteiger partial charge in [-0.2, -0.15) is 0 Å². The maximum atomic E-state index is 12.9. The number of nitrogens with one attached hydrogen (secondary N) is 2. The molecule has 1 aliphatic heterocycles. The number of ether oxygens (including phenoxy) is 1. The second-order valence-electron chi connectivity index (χ2n) is 7.96.